The molecule has 19 heavy (non-hydrogen) atoms. The molecule has 1 fully saturated rings. The SMILES string of the molecule is COc1nc(NC2CCC(=O)N(C)C2=O)ccc1N. The van der Waals surface area contributed by atoms with Crippen LogP contribution in [0.4, 0.5) is 11.5 Å². The van der Waals surface area contributed by atoms with Gasteiger partial charge in [-0.1, -0.05) is 0 Å². The summed E-state index contributed by atoms with van der Waals surface area (Å²) in [6.45, 7) is 0. The number of carbonyl (C=O) groups excluding carboxylic acids is 2. The van der Waals surface area contributed by atoms with E-state index in [4.69, 9.17) is 10.5 Å². The summed E-state index contributed by atoms with van der Waals surface area (Å²) in [5.41, 5.74) is 6.09. The van der Waals surface area contributed by atoms with Crippen molar-refractivity contribution in [2.75, 3.05) is 25.2 Å². The molecule has 1 aliphatic heterocycles. The molecule has 0 radical (unpaired) electrons. The number of rotatable bonds is 3. The number of nitrogens with one attached hydrogen (secondary N) is 1. The first-order chi connectivity index (χ1) is 9.02. The van der Waals surface area contributed by atoms with Gasteiger partial charge in [0.05, 0.1) is 12.8 Å². The molecule has 2 amide bonds. The molecule has 0 saturated carbocycles. The van der Waals surface area contributed by atoms with Gasteiger partial charge in [-0.05, 0) is 18.6 Å². The molecule has 3 N–H and O–H groups in total. The van der Waals surface area contributed by atoms with Crippen molar-refractivity contribution in [3.8, 4) is 5.88 Å². The number of aromatic nitrogens is 1. The van der Waals surface area contributed by atoms with Crippen LogP contribution in [0.2, 0.25) is 0 Å². The highest BCUT2D eigenvalue weighted by Crippen LogP contribution is 2.22. The van der Waals surface area contributed by atoms with Crippen molar-refractivity contribution in [2.45, 2.75) is 18.9 Å². The van der Waals surface area contributed by atoms with E-state index in [-0.39, 0.29) is 11.8 Å². The Labute approximate surface area is 110 Å². The van der Waals surface area contributed by atoms with Crippen LogP contribution in [-0.4, -0.2) is 41.9 Å². The lowest BCUT2D eigenvalue weighted by molar-refractivity contribution is -0.146. The average Bonchev–Trinajstić information content (AvgIpc) is 2.41. The molecule has 0 bridgehead atoms. The molecule has 1 atom stereocenters. The fourth-order valence-corrected chi connectivity index (χ4v) is 1.92. The molecule has 1 unspecified atom stereocenters. The van der Waals surface area contributed by atoms with Crippen molar-refractivity contribution >= 4 is 23.3 Å². The highest BCUT2D eigenvalue weighted by molar-refractivity contribution is 6.01. The Morgan fingerprint density at radius 1 is 1.47 bits per heavy atom. The third-order valence-electron chi connectivity index (χ3n) is 3.05. The molecule has 7 nitrogen and oxygen atoms in total. The van der Waals surface area contributed by atoms with Gasteiger partial charge in [-0.3, -0.25) is 14.5 Å². The maximum atomic E-state index is 11.9. The topological polar surface area (TPSA) is 97.5 Å². The van der Waals surface area contributed by atoms with Crippen molar-refractivity contribution in [1.82, 2.24) is 9.88 Å². The van der Waals surface area contributed by atoms with E-state index < -0.39 is 6.04 Å². The Kier molecular flexibility index (Phi) is 3.55. The standard InChI is InChI=1S/C12H16N4O3/c1-16-10(17)6-4-8(12(16)18)14-9-5-3-7(13)11(15-9)19-2/h3,5,8H,4,6,13H2,1-2H3,(H,14,15). The van der Waals surface area contributed by atoms with Crippen LogP contribution in [0, 0.1) is 0 Å². The number of anilines is 2. The number of methoxy groups -OCH3 is 1. The molecule has 7 heteroatoms. The van der Waals surface area contributed by atoms with Crippen LogP contribution in [0.3, 0.4) is 0 Å². The number of imide groups is 1. The van der Waals surface area contributed by atoms with Crippen molar-refractivity contribution in [3.63, 3.8) is 0 Å². The molecular formula is C12H16N4O3. The van der Waals surface area contributed by atoms with Gasteiger partial charge in [-0.25, -0.2) is 0 Å². The lowest BCUT2D eigenvalue weighted by atomic mass is 10.0. The zero-order valence-corrected chi connectivity index (χ0v) is 10.8. The molecule has 1 aliphatic rings. The number of nitrogen functional groups attached to an aromatic ring is 1. The minimum Gasteiger partial charge on any atom is -0.479 e. The van der Waals surface area contributed by atoms with Crippen molar-refractivity contribution < 1.29 is 14.3 Å². The van der Waals surface area contributed by atoms with Gasteiger partial charge in [0.1, 0.15) is 11.9 Å². The van der Waals surface area contributed by atoms with Crippen molar-refractivity contribution in [3.05, 3.63) is 12.1 Å². The fourth-order valence-electron chi connectivity index (χ4n) is 1.92. The van der Waals surface area contributed by atoms with E-state index in [9.17, 15) is 9.59 Å². The van der Waals surface area contributed by atoms with E-state index in [1.165, 1.54) is 14.2 Å². The number of piperidine rings is 1. The number of nitrogens with zero attached hydrogens (tertiary/aromatic N) is 2. The summed E-state index contributed by atoms with van der Waals surface area (Å²) in [7, 11) is 2.95. The van der Waals surface area contributed by atoms with Crippen molar-refractivity contribution in [2.24, 2.45) is 0 Å². The van der Waals surface area contributed by atoms with Crippen LogP contribution >= 0.6 is 0 Å². The summed E-state index contributed by atoms with van der Waals surface area (Å²) >= 11 is 0. The summed E-state index contributed by atoms with van der Waals surface area (Å²) in [6.07, 6.45) is 0.794. The van der Waals surface area contributed by atoms with Crippen LogP contribution in [0.5, 0.6) is 5.88 Å². The van der Waals surface area contributed by atoms with Crippen molar-refractivity contribution in [1.29, 1.82) is 0 Å². The summed E-state index contributed by atoms with van der Waals surface area (Å²) in [6, 6.07) is 2.86. The summed E-state index contributed by atoms with van der Waals surface area (Å²) in [5, 5.41) is 2.99. The normalized spacial score (nSPS) is 19.5. The summed E-state index contributed by atoms with van der Waals surface area (Å²) in [5.74, 6) is 0.379. The first-order valence-electron chi connectivity index (χ1n) is 5.90. The second-order valence-corrected chi connectivity index (χ2v) is 4.32. The van der Waals surface area contributed by atoms with Gasteiger partial charge < -0.3 is 15.8 Å². The molecule has 2 rings (SSSR count). The molecule has 1 aromatic rings. The van der Waals surface area contributed by atoms with Crippen LogP contribution < -0.4 is 15.8 Å². The van der Waals surface area contributed by atoms with Gasteiger partial charge >= 0.3 is 0 Å². The molecular weight excluding hydrogens is 248 g/mol. The molecule has 102 valence electrons. The summed E-state index contributed by atoms with van der Waals surface area (Å²) in [4.78, 5) is 28.6. The van der Waals surface area contributed by atoms with Crippen LogP contribution in [0.1, 0.15) is 12.8 Å². The highest BCUT2D eigenvalue weighted by Gasteiger charge is 2.31. The molecule has 0 spiro atoms. The van der Waals surface area contributed by atoms with Crippen LogP contribution in [0.25, 0.3) is 0 Å². The summed E-state index contributed by atoms with van der Waals surface area (Å²) < 4.78 is 5.01. The van der Waals surface area contributed by atoms with E-state index in [2.05, 4.69) is 10.3 Å². The van der Waals surface area contributed by atoms with Gasteiger partial charge in [0.2, 0.25) is 11.8 Å². The highest BCUT2D eigenvalue weighted by atomic mass is 16.5. The Morgan fingerprint density at radius 3 is 2.89 bits per heavy atom. The number of pyridine rings is 1. The van der Waals surface area contributed by atoms with Crippen LogP contribution in [0.15, 0.2) is 12.1 Å². The fraction of sp³-hybridized carbons (Fsp3) is 0.417. The molecule has 0 aromatic carbocycles. The minimum absolute atomic E-state index is 0.161. The third kappa shape index (κ3) is 2.59. The number of nitrogens with two attached hydrogens (primary N) is 1. The Balaban J connectivity index is 2.13. The Bertz CT molecular complexity index is 518. The predicted molar refractivity (Wildman–Crippen MR) is 69.6 cm³/mol. The smallest absolute Gasteiger partial charge is 0.251 e. The van der Waals surface area contributed by atoms with Gasteiger partial charge in [-0.2, -0.15) is 4.98 Å². The molecule has 2 heterocycles. The number of carbonyl (C=O) groups is 2. The van der Waals surface area contributed by atoms with E-state index in [1.54, 1.807) is 12.1 Å². The number of hydrogen-bond acceptors (Lipinski definition) is 6. The van der Waals surface area contributed by atoms with Crippen LogP contribution in [-0.2, 0) is 9.59 Å². The van der Waals surface area contributed by atoms with E-state index >= 15 is 0 Å². The first-order valence-corrected chi connectivity index (χ1v) is 5.90. The number of hydrogen-bond donors (Lipinski definition) is 2. The number of likely N-dealkylation sites (N-methyl/N-ethyl adjacent to an activating group) is 1. The molecule has 1 saturated heterocycles. The van der Waals surface area contributed by atoms with E-state index in [1.807, 2.05) is 0 Å². The van der Waals surface area contributed by atoms with Gasteiger partial charge in [0.25, 0.3) is 5.91 Å². The zero-order valence-electron chi connectivity index (χ0n) is 10.8. The maximum absolute atomic E-state index is 11.9. The second-order valence-electron chi connectivity index (χ2n) is 4.32. The first kappa shape index (κ1) is 13.1. The maximum Gasteiger partial charge on any atom is 0.251 e. The Morgan fingerprint density at radius 2 is 2.21 bits per heavy atom. The zero-order chi connectivity index (χ0) is 14.0. The third-order valence-corrected chi connectivity index (χ3v) is 3.05. The van der Waals surface area contributed by atoms with E-state index in [0.29, 0.717) is 30.2 Å². The lowest BCUT2D eigenvalue weighted by Crippen LogP contribution is -2.48. The van der Waals surface area contributed by atoms with Gasteiger partial charge in [-0.15, -0.1) is 0 Å². The Hall–Kier alpha value is -2.31. The lowest BCUT2D eigenvalue weighted by Gasteiger charge is -2.28. The predicted octanol–water partition coefficient (Wildman–Crippen LogP) is 0.232. The number of amides is 2. The minimum atomic E-state index is -0.455. The molecule has 0 aliphatic carbocycles. The second kappa shape index (κ2) is 5.13. The monoisotopic (exact) mass is 264 g/mol. The van der Waals surface area contributed by atoms with E-state index in [0.717, 1.165) is 4.90 Å². The van der Waals surface area contributed by atoms with Gasteiger partial charge in [0.15, 0.2) is 0 Å². The number of likely N-dealkylation sites (tertiary alicyclic amines) is 1. The molecule has 1 aromatic heterocycles. The quantitative estimate of drug-likeness (QED) is 0.758. The number of ether oxygens (including phenoxy) is 1. The largest absolute Gasteiger partial charge is 0.479 e. The average molecular weight is 264 g/mol. The van der Waals surface area contributed by atoms with Gasteiger partial charge in [0, 0.05) is 13.5 Å².